The van der Waals surface area contributed by atoms with E-state index in [1.165, 1.54) is 0 Å². The molecule has 28 heavy (non-hydrogen) atoms. The molecule has 4 rings (SSSR count). The van der Waals surface area contributed by atoms with Crippen LogP contribution in [0.1, 0.15) is 17.8 Å². The van der Waals surface area contributed by atoms with Crippen LogP contribution in [-0.4, -0.2) is 76.8 Å². The molecule has 1 atom stereocenters. The van der Waals surface area contributed by atoms with Crippen LogP contribution in [0.3, 0.4) is 0 Å². The van der Waals surface area contributed by atoms with Crippen LogP contribution in [0.25, 0.3) is 11.4 Å². The number of amides is 2. The number of aromatic nitrogens is 2. The minimum absolute atomic E-state index is 0.0854. The number of likely N-dealkylation sites (N-methyl/N-ethyl adjacent to an activating group) is 1. The number of hydrogen-bond donors (Lipinski definition) is 1. The van der Waals surface area contributed by atoms with E-state index < -0.39 is 0 Å². The Balaban J connectivity index is 1.41. The first kappa shape index (κ1) is 18.7. The number of fused-ring (bicyclic) bond motifs is 1. The molecule has 0 radical (unpaired) electrons. The summed E-state index contributed by atoms with van der Waals surface area (Å²) in [6, 6.07) is 10.0. The third kappa shape index (κ3) is 3.80. The van der Waals surface area contributed by atoms with E-state index in [2.05, 4.69) is 9.88 Å². The summed E-state index contributed by atoms with van der Waals surface area (Å²) in [5.41, 5.74) is 3.10. The lowest BCUT2D eigenvalue weighted by atomic mass is 10.0. The van der Waals surface area contributed by atoms with Gasteiger partial charge in [0, 0.05) is 44.6 Å². The summed E-state index contributed by atoms with van der Waals surface area (Å²) in [7, 11) is 3.98. The fourth-order valence-electron chi connectivity index (χ4n) is 3.95. The van der Waals surface area contributed by atoms with Gasteiger partial charge in [0.2, 0.25) is 11.8 Å². The number of nitrogens with zero attached hydrogens (tertiary/aromatic N) is 4. The number of rotatable bonds is 5. The van der Waals surface area contributed by atoms with Crippen LogP contribution in [0.2, 0.25) is 0 Å². The molecule has 0 aliphatic carbocycles. The number of carbonyl (C=O) groups excluding carboxylic acids is 2. The number of hydrogen-bond acceptors (Lipinski definition) is 4. The van der Waals surface area contributed by atoms with Gasteiger partial charge in [-0.3, -0.25) is 9.59 Å². The Kier molecular flexibility index (Phi) is 5.17. The van der Waals surface area contributed by atoms with Gasteiger partial charge in [0.05, 0.1) is 23.9 Å². The van der Waals surface area contributed by atoms with Gasteiger partial charge in [0.1, 0.15) is 5.82 Å². The van der Waals surface area contributed by atoms with Crippen LogP contribution in [0.5, 0.6) is 0 Å². The fraction of sp³-hybridized carbons (Fsp3) is 0.476. The van der Waals surface area contributed by atoms with E-state index in [1.54, 1.807) is 0 Å². The van der Waals surface area contributed by atoms with Gasteiger partial charge in [0.25, 0.3) is 0 Å². The third-order valence-corrected chi connectivity index (χ3v) is 5.57. The third-order valence-electron chi connectivity index (χ3n) is 5.57. The molecule has 1 saturated heterocycles. The van der Waals surface area contributed by atoms with E-state index in [4.69, 9.17) is 4.98 Å². The first-order valence-corrected chi connectivity index (χ1v) is 9.85. The van der Waals surface area contributed by atoms with Crippen LogP contribution in [0.15, 0.2) is 30.3 Å². The van der Waals surface area contributed by atoms with Gasteiger partial charge in [0.15, 0.2) is 0 Å². The average Bonchev–Trinajstić information content (AvgIpc) is 3.29. The Morgan fingerprint density at radius 1 is 1.29 bits per heavy atom. The summed E-state index contributed by atoms with van der Waals surface area (Å²) in [5.74, 6) is 0.798. The van der Waals surface area contributed by atoms with Gasteiger partial charge in [-0.15, -0.1) is 0 Å². The molecular weight excluding hydrogens is 354 g/mol. The van der Waals surface area contributed by atoms with Gasteiger partial charge < -0.3 is 19.7 Å². The zero-order valence-corrected chi connectivity index (χ0v) is 16.5. The first-order chi connectivity index (χ1) is 13.5. The average molecular weight is 381 g/mol. The molecule has 1 fully saturated rings. The second-order valence-electron chi connectivity index (χ2n) is 7.93. The maximum Gasteiger partial charge on any atom is 0.228 e. The van der Waals surface area contributed by atoms with Gasteiger partial charge in [-0.1, -0.05) is 30.3 Å². The molecule has 0 saturated carbocycles. The fourth-order valence-corrected chi connectivity index (χ4v) is 3.95. The van der Waals surface area contributed by atoms with Gasteiger partial charge >= 0.3 is 0 Å². The van der Waals surface area contributed by atoms with E-state index in [1.807, 2.05) is 54.2 Å². The summed E-state index contributed by atoms with van der Waals surface area (Å²) < 4.78 is 0. The topological polar surface area (TPSA) is 72.5 Å². The summed E-state index contributed by atoms with van der Waals surface area (Å²) in [6.07, 6.45) is 1.07. The number of aromatic amines is 1. The normalized spacial score (nSPS) is 19.4. The van der Waals surface area contributed by atoms with E-state index >= 15 is 0 Å². The van der Waals surface area contributed by atoms with Crippen LogP contribution in [-0.2, 0) is 22.6 Å². The number of likely N-dealkylation sites (tertiary alicyclic amines) is 1. The quantitative estimate of drug-likeness (QED) is 0.849. The zero-order chi connectivity index (χ0) is 19.7. The smallest absolute Gasteiger partial charge is 0.228 e. The molecule has 1 aromatic heterocycles. The number of benzene rings is 1. The minimum atomic E-state index is -0.229. The first-order valence-electron chi connectivity index (χ1n) is 9.85. The lowest BCUT2D eigenvalue weighted by Gasteiger charge is -2.28. The molecule has 0 bridgehead atoms. The van der Waals surface area contributed by atoms with Crippen molar-refractivity contribution in [2.75, 3.05) is 40.3 Å². The van der Waals surface area contributed by atoms with Gasteiger partial charge in [-0.05, 0) is 14.1 Å². The standard InChI is InChI=1S/C21H27N5O2/c1-24(2)10-11-25-13-16(12-19(25)27)21(28)26-9-8-17-18(14-26)23-20(22-17)15-6-4-3-5-7-15/h3-7,16H,8-14H2,1-2H3,(H,22,23)/t16-/m0/s1. The van der Waals surface area contributed by atoms with Crippen LogP contribution in [0.4, 0.5) is 0 Å². The SMILES string of the molecule is CN(C)CCN1C[C@@H](C(=O)N2CCc3nc(-c4ccccc4)[nH]c3C2)CC1=O. The highest BCUT2D eigenvalue weighted by molar-refractivity contribution is 5.89. The second kappa shape index (κ2) is 7.75. The van der Waals surface area contributed by atoms with E-state index in [0.717, 1.165) is 35.7 Å². The Bertz CT molecular complexity index is 861. The summed E-state index contributed by atoms with van der Waals surface area (Å²) in [4.78, 5) is 39.1. The van der Waals surface area contributed by atoms with E-state index in [-0.39, 0.29) is 17.7 Å². The van der Waals surface area contributed by atoms with Crippen molar-refractivity contribution >= 4 is 11.8 Å². The number of nitrogens with one attached hydrogen (secondary N) is 1. The monoisotopic (exact) mass is 381 g/mol. The van der Waals surface area contributed by atoms with Crippen molar-refractivity contribution in [3.8, 4) is 11.4 Å². The van der Waals surface area contributed by atoms with E-state index in [0.29, 0.717) is 32.6 Å². The van der Waals surface area contributed by atoms with Crippen molar-refractivity contribution in [2.24, 2.45) is 5.92 Å². The molecule has 2 amide bonds. The highest BCUT2D eigenvalue weighted by Gasteiger charge is 2.37. The van der Waals surface area contributed by atoms with Crippen LogP contribution < -0.4 is 0 Å². The highest BCUT2D eigenvalue weighted by Crippen LogP contribution is 2.26. The molecule has 1 aromatic carbocycles. The molecular formula is C21H27N5O2. The minimum Gasteiger partial charge on any atom is -0.341 e. The number of imidazole rings is 1. The summed E-state index contributed by atoms with van der Waals surface area (Å²) in [6.45, 7) is 3.23. The van der Waals surface area contributed by atoms with Crippen molar-refractivity contribution in [1.82, 2.24) is 24.7 Å². The predicted octanol–water partition coefficient (Wildman–Crippen LogP) is 1.37. The molecule has 2 aliphatic rings. The molecule has 2 aromatic rings. The molecule has 7 nitrogen and oxygen atoms in total. The molecule has 3 heterocycles. The molecule has 148 valence electrons. The van der Waals surface area contributed by atoms with Crippen molar-refractivity contribution in [1.29, 1.82) is 0 Å². The Morgan fingerprint density at radius 3 is 2.82 bits per heavy atom. The van der Waals surface area contributed by atoms with Crippen molar-refractivity contribution < 1.29 is 9.59 Å². The summed E-state index contributed by atoms with van der Waals surface area (Å²) >= 11 is 0. The van der Waals surface area contributed by atoms with Crippen LogP contribution >= 0.6 is 0 Å². The number of carbonyl (C=O) groups is 2. The zero-order valence-electron chi connectivity index (χ0n) is 16.5. The van der Waals surface area contributed by atoms with Gasteiger partial charge in [-0.2, -0.15) is 0 Å². The Morgan fingerprint density at radius 2 is 2.07 bits per heavy atom. The second-order valence-corrected chi connectivity index (χ2v) is 7.93. The van der Waals surface area contributed by atoms with Crippen molar-refractivity contribution in [3.05, 3.63) is 41.7 Å². The predicted molar refractivity (Wildman–Crippen MR) is 106 cm³/mol. The van der Waals surface area contributed by atoms with Crippen LogP contribution in [0, 0.1) is 5.92 Å². The lowest BCUT2D eigenvalue weighted by Crippen LogP contribution is -2.41. The molecule has 1 N–H and O–H groups in total. The Labute approximate surface area is 165 Å². The molecule has 0 spiro atoms. The number of H-pyrrole nitrogens is 1. The Hall–Kier alpha value is -2.67. The van der Waals surface area contributed by atoms with Crippen molar-refractivity contribution in [3.63, 3.8) is 0 Å². The largest absolute Gasteiger partial charge is 0.341 e. The highest BCUT2D eigenvalue weighted by atomic mass is 16.2. The van der Waals surface area contributed by atoms with Crippen molar-refractivity contribution in [2.45, 2.75) is 19.4 Å². The maximum absolute atomic E-state index is 13.0. The van der Waals surface area contributed by atoms with Gasteiger partial charge in [-0.25, -0.2) is 4.98 Å². The lowest BCUT2D eigenvalue weighted by molar-refractivity contribution is -0.136. The maximum atomic E-state index is 13.0. The molecule has 7 heteroatoms. The van der Waals surface area contributed by atoms with E-state index in [9.17, 15) is 9.59 Å². The molecule has 2 aliphatic heterocycles. The summed E-state index contributed by atoms with van der Waals surface area (Å²) in [5, 5.41) is 0. The molecule has 0 unspecified atom stereocenters.